The Balaban J connectivity index is 2.53. The largest absolute Gasteiger partial charge is 0.462 e. The second kappa shape index (κ2) is 5.70. The second-order valence-corrected chi connectivity index (χ2v) is 5.92. The minimum atomic E-state index is -0.0405. The maximum Gasteiger partial charge on any atom is 0.308 e. The third-order valence-electron chi connectivity index (χ3n) is 3.84. The van der Waals surface area contributed by atoms with Gasteiger partial charge in [-0.25, -0.2) is 0 Å². The number of rotatable bonds is 3. The lowest BCUT2D eigenvalue weighted by Gasteiger charge is -2.36. The fraction of sp³-hybridized carbons (Fsp3) is 0.929. The summed E-state index contributed by atoms with van der Waals surface area (Å²) in [6, 6.07) is 0. The second-order valence-electron chi connectivity index (χ2n) is 5.92. The first kappa shape index (κ1) is 13.5. The lowest BCUT2D eigenvalue weighted by atomic mass is 9.76. The average Bonchev–Trinajstić information content (AvgIpc) is 2.20. The van der Waals surface area contributed by atoms with Crippen LogP contribution in [0.1, 0.15) is 53.9 Å². The molecule has 0 aliphatic heterocycles. The zero-order valence-electron chi connectivity index (χ0n) is 11.3. The average molecular weight is 226 g/mol. The van der Waals surface area contributed by atoms with Gasteiger partial charge in [0, 0.05) is 0 Å². The van der Waals surface area contributed by atoms with Crippen LogP contribution in [0.3, 0.4) is 0 Å². The van der Waals surface area contributed by atoms with E-state index >= 15 is 0 Å². The normalized spacial score (nSPS) is 30.8. The molecule has 2 nitrogen and oxygen atoms in total. The van der Waals surface area contributed by atoms with Gasteiger partial charge in [0.25, 0.3) is 0 Å². The summed E-state index contributed by atoms with van der Waals surface area (Å²) in [5.74, 6) is 1.90. The molecule has 0 amide bonds. The van der Waals surface area contributed by atoms with Crippen LogP contribution >= 0.6 is 0 Å². The fourth-order valence-electron chi connectivity index (χ4n) is 2.37. The maximum atomic E-state index is 11.6. The number of ether oxygens (including phenoxy) is 1. The van der Waals surface area contributed by atoms with Crippen molar-refractivity contribution < 1.29 is 9.53 Å². The Morgan fingerprint density at radius 2 is 1.81 bits per heavy atom. The van der Waals surface area contributed by atoms with E-state index in [-0.39, 0.29) is 18.0 Å². The summed E-state index contributed by atoms with van der Waals surface area (Å²) < 4.78 is 5.61. The summed E-state index contributed by atoms with van der Waals surface area (Å²) in [5.41, 5.74) is 0. The highest BCUT2D eigenvalue weighted by molar-refractivity contribution is 5.71. The molecule has 3 atom stereocenters. The van der Waals surface area contributed by atoms with Crippen molar-refractivity contribution in [3.8, 4) is 0 Å². The molecule has 1 fully saturated rings. The van der Waals surface area contributed by atoms with E-state index in [9.17, 15) is 4.79 Å². The molecule has 3 unspecified atom stereocenters. The van der Waals surface area contributed by atoms with Crippen LogP contribution in [0.4, 0.5) is 0 Å². The number of hydrogen-bond donors (Lipinski definition) is 0. The first-order chi connectivity index (χ1) is 7.41. The zero-order valence-corrected chi connectivity index (χ0v) is 11.3. The molecule has 0 heterocycles. The van der Waals surface area contributed by atoms with E-state index in [1.165, 1.54) is 12.8 Å². The Kier molecular flexibility index (Phi) is 4.82. The van der Waals surface area contributed by atoms with E-state index < -0.39 is 0 Å². The topological polar surface area (TPSA) is 26.3 Å². The summed E-state index contributed by atoms with van der Waals surface area (Å²) in [4.78, 5) is 11.6. The maximum absolute atomic E-state index is 11.6. The van der Waals surface area contributed by atoms with Crippen LogP contribution in [0, 0.1) is 23.7 Å². The van der Waals surface area contributed by atoms with E-state index in [0.29, 0.717) is 11.8 Å². The number of esters is 1. The third-order valence-corrected chi connectivity index (χ3v) is 3.84. The van der Waals surface area contributed by atoms with E-state index in [1.807, 2.05) is 13.8 Å². The Bertz CT molecular complexity index is 233. The van der Waals surface area contributed by atoms with Crippen LogP contribution in [-0.4, -0.2) is 12.1 Å². The summed E-state index contributed by atoms with van der Waals surface area (Å²) in [6.07, 6.45) is 3.68. The Labute approximate surface area is 99.8 Å². The minimum Gasteiger partial charge on any atom is -0.462 e. The molecule has 0 bridgehead atoms. The predicted octanol–water partition coefficient (Wildman–Crippen LogP) is 3.65. The Morgan fingerprint density at radius 1 is 1.19 bits per heavy atom. The molecule has 0 N–H and O–H groups in total. The van der Waals surface area contributed by atoms with Crippen molar-refractivity contribution in [2.24, 2.45) is 23.7 Å². The van der Waals surface area contributed by atoms with Gasteiger partial charge in [-0.1, -0.05) is 34.6 Å². The first-order valence-corrected chi connectivity index (χ1v) is 6.62. The van der Waals surface area contributed by atoms with Crippen molar-refractivity contribution in [2.75, 3.05) is 0 Å². The van der Waals surface area contributed by atoms with Gasteiger partial charge in [0.1, 0.15) is 6.10 Å². The molecular formula is C14H26O2. The highest BCUT2D eigenvalue weighted by Gasteiger charge is 2.32. The lowest BCUT2D eigenvalue weighted by Crippen LogP contribution is -2.34. The lowest BCUT2D eigenvalue weighted by molar-refractivity contribution is -0.158. The standard InChI is InChI=1S/C14H26O2/c1-9(2)12-7-6-11(5)13(8-12)16-14(15)10(3)4/h9-13H,6-8H2,1-5H3. The number of hydrogen-bond acceptors (Lipinski definition) is 2. The molecule has 0 aromatic rings. The number of carbonyl (C=O) groups excluding carboxylic acids is 1. The molecule has 0 spiro atoms. The molecule has 0 aromatic carbocycles. The quantitative estimate of drug-likeness (QED) is 0.687. The molecule has 1 saturated carbocycles. The van der Waals surface area contributed by atoms with Gasteiger partial charge < -0.3 is 4.74 Å². The molecule has 0 radical (unpaired) electrons. The van der Waals surface area contributed by atoms with E-state index in [1.54, 1.807) is 0 Å². The highest BCUT2D eigenvalue weighted by atomic mass is 16.5. The van der Waals surface area contributed by atoms with Crippen molar-refractivity contribution >= 4 is 5.97 Å². The molecule has 0 aromatic heterocycles. The van der Waals surface area contributed by atoms with Gasteiger partial charge in [0.15, 0.2) is 0 Å². The monoisotopic (exact) mass is 226 g/mol. The molecule has 1 rings (SSSR count). The fourth-order valence-corrected chi connectivity index (χ4v) is 2.37. The van der Waals surface area contributed by atoms with E-state index in [4.69, 9.17) is 4.74 Å². The smallest absolute Gasteiger partial charge is 0.308 e. The van der Waals surface area contributed by atoms with Gasteiger partial charge in [-0.15, -0.1) is 0 Å². The van der Waals surface area contributed by atoms with E-state index in [2.05, 4.69) is 20.8 Å². The molecule has 0 saturated heterocycles. The van der Waals surface area contributed by atoms with Crippen LogP contribution in [0.25, 0.3) is 0 Å². The molecule has 94 valence electrons. The Hall–Kier alpha value is -0.530. The predicted molar refractivity (Wildman–Crippen MR) is 66.1 cm³/mol. The summed E-state index contributed by atoms with van der Waals surface area (Å²) in [7, 11) is 0. The van der Waals surface area contributed by atoms with Crippen molar-refractivity contribution in [1.29, 1.82) is 0 Å². The van der Waals surface area contributed by atoms with Crippen LogP contribution in [0.2, 0.25) is 0 Å². The van der Waals surface area contributed by atoms with Crippen LogP contribution < -0.4 is 0 Å². The van der Waals surface area contributed by atoms with Gasteiger partial charge in [-0.3, -0.25) is 4.79 Å². The zero-order chi connectivity index (χ0) is 12.3. The van der Waals surface area contributed by atoms with Gasteiger partial charge in [0.05, 0.1) is 5.92 Å². The van der Waals surface area contributed by atoms with Gasteiger partial charge in [0.2, 0.25) is 0 Å². The van der Waals surface area contributed by atoms with Gasteiger partial charge in [-0.2, -0.15) is 0 Å². The van der Waals surface area contributed by atoms with Crippen LogP contribution in [0.5, 0.6) is 0 Å². The summed E-state index contributed by atoms with van der Waals surface area (Å²) in [6.45, 7) is 10.5. The summed E-state index contributed by atoms with van der Waals surface area (Å²) in [5, 5.41) is 0. The molecule has 16 heavy (non-hydrogen) atoms. The van der Waals surface area contributed by atoms with Crippen LogP contribution in [0.15, 0.2) is 0 Å². The third kappa shape index (κ3) is 3.50. The Morgan fingerprint density at radius 3 is 2.31 bits per heavy atom. The number of carbonyl (C=O) groups is 1. The van der Waals surface area contributed by atoms with Crippen molar-refractivity contribution in [3.05, 3.63) is 0 Å². The van der Waals surface area contributed by atoms with Crippen molar-refractivity contribution in [3.63, 3.8) is 0 Å². The molecule has 1 aliphatic carbocycles. The van der Waals surface area contributed by atoms with Crippen LogP contribution in [-0.2, 0) is 9.53 Å². The van der Waals surface area contributed by atoms with Crippen molar-refractivity contribution in [2.45, 2.75) is 60.0 Å². The SMILES string of the molecule is CC(C)C(=O)OC1CC(C(C)C)CCC1C. The first-order valence-electron chi connectivity index (χ1n) is 6.62. The van der Waals surface area contributed by atoms with Crippen molar-refractivity contribution in [1.82, 2.24) is 0 Å². The van der Waals surface area contributed by atoms with E-state index in [0.717, 1.165) is 12.3 Å². The van der Waals surface area contributed by atoms with Gasteiger partial charge in [-0.05, 0) is 37.0 Å². The summed E-state index contributed by atoms with van der Waals surface area (Å²) >= 11 is 0. The minimum absolute atomic E-state index is 0.00775. The molecule has 1 aliphatic rings. The molecular weight excluding hydrogens is 200 g/mol. The molecule has 2 heteroatoms. The highest BCUT2D eigenvalue weighted by Crippen LogP contribution is 2.35. The van der Waals surface area contributed by atoms with Gasteiger partial charge >= 0.3 is 5.97 Å².